The summed E-state index contributed by atoms with van der Waals surface area (Å²) in [7, 11) is 0. The van der Waals surface area contributed by atoms with Crippen LogP contribution in [0.4, 0.5) is 0 Å². The fourth-order valence-electron chi connectivity index (χ4n) is 2.65. The summed E-state index contributed by atoms with van der Waals surface area (Å²) in [5.74, 6) is 0.650. The van der Waals surface area contributed by atoms with E-state index in [1.807, 2.05) is 0 Å². The van der Waals surface area contributed by atoms with Gasteiger partial charge < -0.3 is 14.8 Å². The van der Waals surface area contributed by atoms with Crippen molar-refractivity contribution in [2.75, 3.05) is 32.9 Å². The van der Waals surface area contributed by atoms with E-state index in [0.717, 1.165) is 45.8 Å². The number of benzene rings is 1. The van der Waals surface area contributed by atoms with E-state index in [4.69, 9.17) is 9.47 Å². The van der Waals surface area contributed by atoms with Crippen LogP contribution < -0.4 is 5.32 Å². The minimum atomic E-state index is 0.152. The first kappa shape index (κ1) is 15.5. The Labute approximate surface area is 122 Å². The van der Waals surface area contributed by atoms with Crippen molar-refractivity contribution in [1.29, 1.82) is 0 Å². The first-order valence-corrected chi connectivity index (χ1v) is 7.76. The maximum Gasteiger partial charge on any atom is 0.0951 e. The predicted octanol–water partition coefficient (Wildman–Crippen LogP) is 3.09. The number of hydrogen-bond acceptors (Lipinski definition) is 3. The van der Waals surface area contributed by atoms with E-state index in [-0.39, 0.29) is 6.10 Å². The van der Waals surface area contributed by atoms with Crippen LogP contribution in [0, 0.1) is 12.8 Å². The van der Waals surface area contributed by atoms with Gasteiger partial charge in [-0.3, -0.25) is 0 Å². The molecule has 112 valence electrons. The van der Waals surface area contributed by atoms with E-state index in [2.05, 4.69) is 43.4 Å². The molecule has 1 N–H and O–H groups in total. The number of aryl methyl sites for hydroxylation is 1. The molecule has 0 spiro atoms. The van der Waals surface area contributed by atoms with Crippen LogP contribution in [0.25, 0.3) is 0 Å². The summed E-state index contributed by atoms with van der Waals surface area (Å²) in [5, 5.41) is 3.41. The lowest BCUT2D eigenvalue weighted by atomic mass is 10.0. The van der Waals surface area contributed by atoms with Gasteiger partial charge in [0.15, 0.2) is 0 Å². The summed E-state index contributed by atoms with van der Waals surface area (Å²) < 4.78 is 11.6. The summed E-state index contributed by atoms with van der Waals surface area (Å²) in [4.78, 5) is 0. The molecule has 1 heterocycles. The van der Waals surface area contributed by atoms with Gasteiger partial charge in [0, 0.05) is 19.8 Å². The smallest absolute Gasteiger partial charge is 0.0951 e. The van der Waals surface area contributed by atoms with E-state index < -0.39 is 0 Å². The van der Waals surface area contributed by atoms with E-state index in [1.165, 1.54) is 11.1 Å². The standard InChI is InChI=1S/C17H27NO2/c1-3-18-12-17(16-7-5-4-6-14(16)2)20-13-15-8-10-19-11-9-15/h4-7,15,17-18H,3,8-13H2,1-2H3. The fraction of sp³-hybridized carbons (Fsp3) is 0.647. The molecule has 0 aliphatic carbocycles. The van der Waals surface area contributed by atoms with Crippen molar-refractivity contribution in [2.45, 2.75) is 32.8 Å². The van der Waals surface area contributed by atoms with Gasteiger partial charge in [0.05, 0.1) is 12.7 Å². The maximum atomic E-state index is 6.23. The Balaban J connectivity index is 1.94. The van der Waals surface area contributed by atoms with Gasteiger partial charge in [0.25, 0.3) is 0 Å². The molecule has 3 heteroatoms. The Kier molecular flexibility index (Phi) is 6.51. The zero-order chi connectivity index (χ0) is 14.2. The summed E-state index contributed by atoms with van der Waals surface area (Å²) >= 11 is 0. The lowest BCUT2D eigenvalue weighted by molar-refractivity contribution is -0.0114. The number of hydrogen-bond donors (Lipinski definition) is 1. The molecule has 20 heavy (non-hydrogen) atoms. The Hall–Kier alpha value is -0.900. The predicted molar refractivity (Wildman–Crippen MR) is 82.0 cm³/mol. The third kappa shape index (κ3) is 4.58. The average Bonchev–Trinajstić information content (AvgIpc) is 2.49. The van der Waals surface area contributed by atoms with Gasteiger partial charge in [0.2, 0.25) is 0 Å². The molecule has 1 saturated heterocycles. The van der Waals surface area contributed by atoms with Gasteiger partial charge in [-0.2, -0.15) is 0 Å². The lowest BCUT2D eigenvalue weighted by Crippen LogP contribution is -2.27. The highest BCUT2D eigenvalue weighted by Crippen LogP contribution is 2.23. The van der Waals surface area contributed by atoms with Crippen LogP contribution >= 0.6 is 0 Å². The van der Waals surface area contributed by atoms with Crippen LogP contribution in [-0.2, 0) is 9.47 Å². The van der Waals surface area contributed by atoms with Crippen molar-refractivity contribution >= 4 is 0 Å². The van der Waals surface area contributed by atoms with Crippen molar-refractivity contribution in [1.82, 2.24) is 5.32 Å². The first-order chi connectivity index (χ1) is 9.81. The SMILES string of the molecule is CCNCC(OCC1CCOCC1)c1ccccc1C. The fourth-order valence-corrected chi connectivity index (χ4v) is 2.65. The molecule has 1 aliphatic rings. The summed E-state index contributed by atoms with van der Waals surface area (Å²) in [6.07, 6.45) is 2.41. The van der Waals surface area contributed by atoms with Crippen LogP contribution in [-0.4, -0.2) is 32.9 Å². The van der Waals surface area contributed by atoms with Gasteiger partial charge >= 0.3 is 0 Å². The van der Waals surface area contributed by atoms with Crippen molar-refractivity contribution in [3.05, 3.63) is 35.4 Å². The maximum absolute atomic E-state index is 6.23. The average molecular weight is 277 g/mol. The molecule has 2 rings (SSSR count). The van der Waals surface area contributed by atoms with Gasteiger partial charge in [-0.15, -0.1) is 0 Å². The lowest BCUT2D eigenvalue weighted by Gasteiger charge is -2.26. The molecule has 1 aromatic rings. The second-order valence-corrected chi connectivity index (χ2v) is 5.54. The molecule has 0 bridgehead atoms. The topological polar surface area (TPSA) is 30.5 Å². The van der Waals surface area contributed by atoms with Crippen LogP contribution in [0.1, 0.15) is 37.0 Å². The minimum absolute atomic E-state index is 0.152. The van der Waals surface area contributed by atoms with Crippen LogP contribution in [0.3, 0.4) is 0 Å². The summed E-state index contributed by atoms with van der Waals surface area (Å²) in [6.45, 7) is 8.76. The molecule has 0 radical (unpaired) electrons. The zero-order valence-electron chi connectivity index (χ0n) is 12.7. The van der Waals surface area contributed by atoms with Gasteiger partial charge in [-0.05, 0) is 43.4 Å². The molecule has 1 atom stereocenters. The molecular weight excluding hydrogens is 250 g/mol. The van der Waals surface area contributed by atoms with Gasteiger partial charge in [-0.1, -0.05) is 31.2 Å². The molecule has 1 unspecified atom stereocenters. The second-order valence-electron chi connectivity index (χ2n) is 5.54. The third-order valence-electron chi connectivity index (χ3n) is 3.99. The second kappa shape index (κ2) is 8.40. The quantitative estimate of drug-likeness (QED) is 0.831. The Bertz CT molecular complexity index is 388. The molecule has 0 saturated carbocycles. The Morgan fingerprint density at radius 3 is 2.75 bits per heavy atom. The molecule has 1 fully saturated rings. The van der Waals surface area contributed by atoms with E-state index in [1.54, 1.807) is 0 Å². The van der Waals surface area contributed by atoms with Crippen LogP contribution in [0.15, 0.2) is 24.3 Å². The largest absolute Gasteiger partial charge is 0.381 e. The number of ether oxygens (including phenoxy) is 2. The van der Waals surface area contributed by atoms with Crippen LogP contribution in [0.2, 0.25) is 0 Å². The highest BCUT2D eigenvalue weighted by molar-refractivity contribution is 5.28. The zero-order valence-corrected chi connectivity index (χ0v) is 12.7. The summed E-state index contributed by atoms with van der Waals surface area (Å²) in [5.41, 5.74) is 2.61. The Morgan fingerprint density at radius 1 is 1.30 bits per heavy atom. The normalized spacial score (nSPS) is 18.1. The van der Waals surface area contributed by atoms with Gasteiger partial charge in [0.1, 0.15) is 0 Å². The molecule has 0 amide bonds. The summed E-state index contributed by atoms with van der Waals surface area (Å²) in [6, 6.07) is 8.52. The van der Waals surface area contributed by atoms with E-state index >= 15 is 0 Å². The number of likely N-dealkylation sites (N-methyl/N-ethyl adjacent to an activating group) is 1. The third-order valence-corrected chi connectivity index (χ3v) is 3.99. The van der Waals surface area contributed by atoms with Crippen LogP contribution in [0.5, 0.6) is 0 Å². The van der Waals surface area contributed by atoms with E-state index in [0.29, 0.717) is 5.92 Å². The first-order valence-electron chi connectivity index (χ1n) is 7.76. The monoisotopic (exact) mass is 277 g/mol. The molecule has 0 aromatic heterocycles. The molecule has 1 aliphatic heterocycles. The minimum Gasteiger partial charge on any atom is -0.381 e. The molecule has 3 nitrogen and oxygen atoms in total. The van der Waals surface area contributed by atoms with Crippen molar-refractivity contribution in [3.8, 4) is 0 Å². The number of rotatable bonds is 7. The van der Waals surface area contributed by atoms with E-state index in [9.17, 15) is 0 Å². The van der Waals surface area contributed by atoms with Crippen molar-refractivity contribution in [3.63, 3.8) is 0 Å². The Morgan fingerprint density at radius 2 is 2.05 bits per heavy atom. The highest BCUT2D eigenvalue weighted by Gasteiger charge is 2.18. The van der Waals surface area contributed by atoms with Gasteiger partial charge in [-0.25, -0.2) is 0 Å². The molecular formula is C17H27NO2. The van der Waals surface area contributed by atoms with Crippen molar-refractivity contribution in [2.24, 2.45) is 5.92 Å². The molecule has 1 aromatic carbocycles. The van der Waals surface area contributed by atoms with Crippen molar-refractivity contribution < 1.29 is 9.47 Å². The highest BCUT2D eigenvalue weighted by atomic mass is 16.5. The number of nitrogens with one attached hydrogen (secondary N) is 1.